The SMILES string of the molecule is CCC(N=S(=O)=O)(C(=O)OC)c1ccc(Oc2ccc(Cl)cc2Cl)cc1. The Bertz CT molecular complexity index is 936. The van der Waals surface area contributed by atoms with Gasteiger partial charge in [0.1, 0.15) is 11.5 Å². The van der Waals surface area contributed by atoms with Crippen molar-refractivity contribution in [1.29, 1.82) is 0 Å². The summed E-state index contributed by atoms with van der Waals surface area (Å²) in [5, 5.41) is 0.825. The Hall–Kier alpha value is -2.09. The van der Waals surface area contributed by atoms with E-state index in [2.05, 4.69) is 4.36 Å². The minimum Gasteiger partial charge on any atom is -0.467 e. The number of ether oxygens (including phenoxy) is 2. The summed E-state index contributed by atoms with van der Waals surface area (Å²) in [7, 11) is -1.61. The monoisotopic (exact) mass is 415 g/mol. The van der Waals surface area contributed by atoms with Crippen molar-refractivity contribution in [2.24, 2.45) is 4.36 Å². The van der Waals surface area contributed by atoms with Gasteiger partial charge in [0, 0.05) is 5.02 Å². The molecule has 0 aliphatic carbocycles. The summed E-state index contributed by atoms with van der Waals surface area (Å²) < 4.78 is 36.2. The average molecular weight is 416 g/mol. The highest BCUT2D eigenvalue weighted by atomic mass is 35.5. The molecule has 0 N–H and O–H groups in total. The van der Waals surface area contributed by atoms with Crippen LogP contribution in [0.25, 0.3) is 0 Å². The second-order valence-corrected chi connectivity index (χ2v) is 6.68. The first-order valence-electron chi connectivity index (χ1n) is 7.46. The zero-order valence-electron chi connectivity index (χ0n) is 13.9. The zero-order chi connectivity index (χ0) is 19.3. The van der Waals surface area contributed by atoms with Gasteiger partial charge < -0.3 is 9.47 Å². The smallest absolute Gasteiger partial charge is 0.339 e. The van der Waals surface area contributed by atoms with Gasteiger partial charge in [-0.15, -0.1) is 4.36 Å². The average Bonchev–Trinajstić information content (AvgIpc) is 2.62. The molecule has 138 valence electrons. The minimum absolute atomic E-state index is 0.108. The summed E-state index contributed by atoms with van der Waals surface area (Å²) in [5.41, 5.74) is -1.27. The Balaban J connectivity index is 2.39. The van der Waals surface area contributed by atoms with Crippen LogP contribution < -0.4 is 4.74 Å². The lowest BCUT2D eigenvalue weighted by atomic mass is 9.88. The predicted octanol–water partition coefficient (Wildman–Crippen LogP) is 4.63. The molecule has 6 nitrogen and oxygen atoms in total. The second-order valence-electron chi connectivity index (χ2n) is 5.21. The highest BCUT2D eigenvalue weighted by molar-refractivity contribution is 7.61. The lowest BCUT2D eigenvalue weighted by Crippen LogP contribution is -2.34. The van der Waals surface area contributed by atoms with Gasteiger partial charge in [-0.1, -0.05) is 42.3 Å². The molecule has 1 atom stereocenters. The lowest BCUT2D eigenvalue weighted by Gasteiger charge is -2.24. The molecular formula is C17H15Cl2NO5S. The van der Waals surface area contributed by atoms with Crippen LogP contribution in [0.1, 0.15) is 18.9 Å². The van der Waals surface area contributed by atoms with Crippen LogP contribution in [0.15, 0.2) is 46.8 Å². The Morgan fingerprint density at radius 3 is 2.31 bits per heavy atom. The number of benzene rings is 2. The number of carbonyl (C=O) groups excluding carboxylic acids is 1. The largest absolute Gasteiger partial charge is 0.467 e. The molecule has 0 heterocycles. The number of rotatable bonds is 6. The van der Waals surface area contributed by atoms with Gasteiger partial charge in [0.05, 0.1) is 12.1 Å². The fraction of sp³-hybridized carbons (Fsp3) is 0.235. The first-order chi connectivity index (χ1) is 12.3. The molecule has 0 aromatic heterocycles. The Kier molecular flexibility index (Phi) is 6.63. The fourth-order valence-corrected chi connectivity index (χ4v) is 3.41. The van der Waals surface area contributed by atoms with E-state index in [-0.39, 0.29) is 6.42 Å². The molecule has 0 aliphatic rings. The minimum atomic E-state index is -2.79. The summed E-state index contributed by atoms with van der Waals surface area (Å²) in [6.07, 6.45) is 0.108. The van der Waals surface area contributed by atoms with Gasteiger partial charge in [-0.25, -0.2) is 4.79 Å². The van der Waals surface area contributed by atoms with E-state index in [1.807, 2.05) is 0 Å². The number of esters is 1. The van der Waals surface area contributed by atoms with E-state index < -0.39 is 22.0 Å². The van der Waals surface area contributed by atoms with Crippen molar-refractivity contribution in [3.8, 4) is 11.5 Å². The highest BCUT2D eigenvalue weighted by Gasteiger charge is 2.40. The van der Waals surface area contributed by atoms with E-state index in [9.17, 15) is 13.2 Å². The maximum absolute atomic E-state index is 12.2. The first-order valence-corrected chi connectivity index (χ1v) is 9.25. The summed E-state index contributed by atoms with van der Waals surface area (Å²) in [6.45, 7) is 1.64. The Morgan fingerprint density at radius 1 is 1.15 bits per heavy atom. The summed E-state index contributed by atoms with van der Waals surface area (Å²) in [6, 6.07) is 11.1. The highest BCUT2D eigenvalue weighted by Crippen LogP contribution is 2.35. The second kappa shape index (κ2) is 8.53. The fourth-order valence-electron chi connectivity index (χ4n) is 2.40. The molecule has 0 fully saturated rings. The van der Waals surface area contributed by atoms with Gasteiger partial charge in [0.15, 0.2) is 5.54 Å². The van der Waals surface area contributed by atoms with Gasteiger partial charge in [-0.3, -0.25) is 0 Å². The van der Waals surface area contributed by atoms with Crippen LogP contribution in [0.2, 0.25) is 10.0 Å². The predicted molar refractivity (Wildman–Crippen MR) is 98.3 cm³/mol. The number of methoxy groups -OCH3 is 1. The normalized spacial score (nSPS) is 12.8. The third-order valence-corrected chi connectivity index (χ3v) is 4.71. The van der Waals surface area contributed by atoms with Crippen LogP contribution in [0, 0.1) is 0 Å². The third kappa shape index (κ3) is 4.35. The van der Waals surface area contributed by atoms with E-state index in [4.69, 9.17) is 32.7 Å². The molecule has 2 aromatic carbocycles. The quantitative estimate of drug-likeness (QED) is 0.642. The van der Waals surface area contributed by atoms with E-state index in [0.29, 0.717) is 27.1 Å². The lowest BCUT2D eigenvalue weighted by molar-refractivity contribution is -0.147. The summed E-state index contributed by atoms with van der Waals surface area (Å²) in [5.74, 6) is 0.0820. The molecule has 1 unspecified atom stereocenters. The van der Waals surface area contributed by atoms with Gasteiger partial charge in [0.2, 0.25) is 0 Å². The maximum atomic E-state index is 12.2. The number of nitrogens with zero attached hydrogens (tertiary/aromatic N) is 1. The van der Waals surface area contributed by atoms with E-state index in [1.54, 1.807) is 49.4 Å². The van der Waals surface area contributed by atoms with Crippen LogP contribution in [-0.4, -0.2) is 21.5 Å². The Labute approximate surface area is 162 Å². The molecule has 0 saturated heterocycles. The van der Waals surface area contributed by atoms with E-state index >= 15 is 0 Å². The third-order valence-electron chi connectivity index (χ3n) is 3.72. The van der Waals surface area contributed by atoms with Crippen LogP contribution in [0.3, 0.4) is 0 Å². The molecule has 0 aliphatic heterocycles. The van der Waals surface area contributed by atoms with E-state index in [1.165, 1.54) is 7.11 Å². The van der Waals surface area contributed by atoms with Gasteiger partial charge >= 0.3 is 16.5 Å². The molecular weight excluding hydrogens is 401 g/mol. The molecule has 0 bridgehead atoms. The van der Waals surface area contributed by atoms with Crippen molar-refractivity contribution < 1.29 is 22.7 Å². The Morgan fingerprint density at radius 2 is 1.81 bits per heavy atom. The van der Waals surface area contributed by atoms with Gasteiger partial charge in [0.25, 0.3) is 0 Å². The standard InChI is InChI=1S/C17H15Cl2NO5S/c1-3-17(16(21)24-2,20-26(22)23)11-4-7-13(8-5-11)25-15-9-6-12(18)10-14(15)19/h4-10H,3H2,1-2H3. The molecule has 0 amide bonds. The molecule has 0 spiro atoms. The summed E-state index contributed by atoms with van der Waals surface area (Å²) >= 11 is 11.9. The van der Waals surface area contributed by atoms with E-state index in [0.717, 1.165) is 0 Å². The van der Waals surface area contributed by atoms with Crippen molar-refractivity contribution in [2.45, 2.75) is 18.9 Å². The molecule has 26 heavy (non-hydrogen) atoms. The molecule has 0 radical (unpaired) electrons. The van der Waals surface area contributed by atoms with Crippen molar-refractivity contribution in [1.82, 2.24) is 0 Å². The number of halogens is 2. The number of hydrogen-bond acceptors (Lipinski definition) is 6. The van der Waals surface area contributed by atoms with Gasteiger partial charge in [-0.2, -0.15) is 8.42 Å². The van der Waals surface area contributed by atoms with Crippen LogP contribution in [0.5, 0.6) is 11.5 Å². The van der Waals surface area contributed by atoms with Crippen molar-refractivity contribution in [2.75, 3.05) is 7.11 Å². The molecule has 9 heteroatoms. The van der Waals surface area contributed by atoms with Gasteiger partial charge in [-0.05, 0) is 42.3 Å². The first kappa shape index (κ1) is 20.2. The van der Waals surface area contributed by atoms with Crippen molar-refractivity contribution in [3.05, 3.63) is 58.1 Å². The van der Waals surface area contributed by atoms with Crippen molar-refractivity contribution in [3.63, 3.8) is 0 Å². The maximum Gasteiger partial charge on any atom is 0.339 e. The zero-order valence-corrected chi connectivity index (χ0v) is 16.2. The number of carbonyl (C=O) groups is 1. The summed E-state index contributed by atoms with van der Waals surface area (Å²) in [4.78, 5) is 12.2. The van der Waals surface area contributed by atoms with Crippen molar-refractivity contribution >= 4 is 39.7 Å². The molecule has 2 rings (SSSR count). The molecule has 2 aromatic rings. The van der Waals surface area contributed by atoms with Crippen LogP contribution in [0.4, 0.5) is 0 Å². The van der Waals surface area contributed by atoms with Crippen LogP contribution >= 0.6 is 23.2 Å². The topological polar surface area (TPSA) is 82.0 Å². The number of hydrogen-bond donors (Lipinski definition) is 0. The van der Waals surface area contributed by atoms with Crippen LogP contribution in [-0.2, 0) is 25.6 Å². The molecule has 0 saturated carbocycles.